The SMILES string of the molecule is O=C(O)CN1CCN(CC(=O)O)Cc2nc(c(O)cc2O)CN(CC(=O)O)CC1. The van der Waals surface area contributed by atoms with Crippen LogP contribution in [0.3, 0.4) is 0 Å². The van der Waals surface area contributed by atoms with Crippen molar-refractivity contribution in [3.05, 3.63) is 17.5 Å². The molecule has 1 aliphatic rings. The molecule has 0 saturated carbocycles. The summed E-state index contributed by atoms with van der Waals surface area (Å²) in [7, 11) is 0. The lowest BCUT2D eigenvalue weighted by atomic mass is 10.2. The summed E-state index contributed by atoms with van der Waals surface area (Å²) in [6.07, 6.45) is 0. The number of aromatic nitrogens is 1. The zero-order chi connectivity index (χ0) is 21.6. The molecule has 2 rings (SSSR count). The van der Waals surface area contributed by atoms with Gasteiger partial charge in [0.05, 0.1) is 31.0 Å². The Balaban J connectivity index is 2.37. The molecule has 1 aromatic rings. The number of hydrogen-bond donors (Lipinski definition) is 5. The molecule has 0 aromatic carbocycles. The molecule has 0 fully saturated rings. The molecule has 0 unspecified atom stereocenters. The van der Waals surface area contributed by atoms with Gasteiger partial charge >= 0.3 is 17.9 Å². The van der Waals surface area contributed by atoms with Crippen LogP contribution in [0.25, 0.3) is 0 Å². The van der Waals surface area contributed by atoms with Gasteiger partial charge in [0.2, 0.25) is 0 Å². The molecule has 0 saturated heterocycles. The quantitative estimate of drug-likeness (QED) is 0.373. The molecule has 2 heterocycles. The van der Waals surface area contributed by atoms with Crippen LogP contribution in [0.2, 0.25) is 0 Å². The Kier molecular flexibility index (Phi) is 7.70. The number of fused-ring (bicyclic) bond motifs is 2. The predicted molar refractivity (Wildman–Crippen MR) is 97.5 cm³/mol. The number of rotatable bonds is 6. The number of carboxylic acids is 3. The van der Waals surface area contributed by atoms with Crippen molar-refractivity contribution < 1.29 is 39.9 Å². The van der Waals surface area contributed by atoms with Crippen LogP contribution < -0.4 is 0 Å². The van der Waals surface area contributed by atoms with Crippen LogP contribution in [0, 0.1) is 0 Å². The van der Waals surface area contributed by atoms with Gasteiger partial charge in [-0.3, -0.25) is 29.1 Å². The number of carbonyl (C=O) groups is 3. The van der Waals surface area contributed by atoms with E-state index in [0.717, 1.165) is 6.07 Å². The molecule has 12 heteroatoms. The first-order valence-corrected chi connectivity index (χ1v) is 8.87. The van der Waals surface area contributed by atoms with Crippen LogP contribution >= 0.6 is 0 Å². The molecule has 0 aliphatic carbocycles. The zero-order valence-corrected chi connectivity index (χ0v) is 15.7. The average molecular weight is 412 g/mol. The molecule has 0 amide bonds. The third-order valence-electron chi connectivity index (χ3n) is 4.42. The van der Waals surface area contributed by atoms with E-state index in [2.05, 4.69) is 4.98 Å². The molecule has 0 atom stereocenters. The molecule has 5 N–H and O–H groups in total. The fourth-order valence-corrected chi connectivity index (χ4v) is 3.07. The van der Waals surface area contributed by atoms with E-state index in [4.69, 9.17) is 15.3 Å². The Morgan fingerprint density at radius 3 is 1.45 bits per heavy atom. The maximum atomic E-state index is 11.2. The lowest BCUT2D eigenvalue weighted by molar-refractivity contribution is -0.140. The predicted octanol–water partition coefficient (Wildman–Crippen LogP) is -1.33. The van der Waals surface area contributed by atoms with Crippen molar-refractivity contribution in [3.63, 3.8) is 0 Å². The highest BCUT2D eigenvalue weighted by Crippen LogP contribution is 2.26. The second-order valence-electron chi connectivity index (χ2n) is 6.80. The van der Waals surface area contributed by atoms with Gasteiger partial charge in [0, 0.05) is 45.3 Å². The molecule has 0 spiro atoms. The third kappa shape index (κ3) is 7.18. The van der Waals surface area contributed by atoms with Crippen LogP contribution in [0.5, 0.6) is 11.5 Å². The van der Waals surface area contributed by atoms with Crippen LogP contribution in [0.1, 0.15) is 11.4 Å². The van der Waals surface area contributed by atoms with E-state index in [-0.39, 0.29) is 81.8 Å². The van der Waals surface area contributed by atoms with Gasteiger partial charge in [0.1, 0.15) is 11.5 Å². The fourth-order valence-electron chi connectivity index (χ4n) is 3.07. The van der Waals surface area contributed by atoms with E-state index < -0.39 is 17.9 Å². The summed E-state index contributed by atoms with van der Waals surface area (Å²) in [4.78, 5) is 42.3. The second-order valence-corrected chi connectivity index (χ2v) is 6.80. The van der Waals surface area contributed by atoms with Crippen LogP contribution in [-0.4, -0.2) is 109 Å². The number of aliphatic carboxylic acids is 3. The summed E-state index contributed by atoms with van der Waals surface area (Å²) in [6, 6.07) is 1.10. The van der Waals surface area contributed by atoms with E-state index in [1.807, 2.05) is 0 Å². The van der Waals surface area contributed by atoms with Gasteiger partial charge in [-0.05, 0) is 0 Å². The summed E-state index contributed by atoms with van der Waals surface area (Å²) in [6.45, 7) is -0.213. The number of aromatic hydroxyl groups is 2. The summed E-state index contributed by atoms with van der Waals surface area (Å²) in [5.74, 6) is -3.87. The van der Waals surface area contributed by atoms with E-state index >= 15 is 0 Å². The van der Waals surface area contributed by atoms with Gasteiger partial charge in [0.15, 0.2) is 0 Å². The number of pyridine rings is 1. The summed E-state index contributed by atoms with van der Waals surface area (Å²) >= 11 is 0. The molecular weight excluding hydrogens is 388 g/mol. The largest absolute Gasteiger partial charge is 0.506 e. The van der Waals surface area contributed by atoms with Crippen molar-refractivity contribution in [2.45, 2.75) is 13.1 Å². The molecule has 29 heavy (non-hydrogen) atoms. The maximum Gasteiger partial charge on any atom is 0.317 e. The topological polar surface area (TPSA) is 175 Å². The highest BCUT2D eigenvalue weighted by atomic mass is 16.4. The van der Waals surface area contributed by atoms with Crippen molar-refractivity contribution in [3.8, 4) is 11.5 Å². The molecule has 160 valence electrons. The second kappa shape index (κ2) is 10.0. The third-order valence-corrected chi connectivity index (χ3v) is 4.42. The molecule has 1 aromatic heterocycles. The van der Waals surface area contributed by atoms with Crippen molar-refractivity contribution in [2.24, 2.45) is 0 Å². The van der Waals surface area contributed by atoms with Gasteiger partial charge in [-0.25, -0.2) is 4.98 Å². The van der Waals surface area contributed by atoms with E-state index in [0.29, 0.717) is 0 Å². The van der Waals surface area contributed by atoms with Crippen molar-refractivity contribution in [1.82, 2.24) is 19.7 Å². The van der Waals surface area contributed by atoms with Crippen LogP contribution in [0.4, 0.5) is 0 Å². The van der Waals surface area contributed by atoms with Gasteiger partial charge in [-0.1, -0.05) is 0 Å². The number of carboxylic acid groups (broad SMARTS) is 3. The summed E-state index contributed by atoms with van der Waals surface area (Å²) in [5.41, 5.74) is 0.277. The highest BCUT2D eigenvalue weighted by molar-refractivity contribution is 5.70. The summed E-state index contributed by atoms with van der Waals surface area (Å²) < 4.78 is 0. The van der Waals surface area contributed by atoms with Gasteiger partial charge < -0.3 is 25.5 Å². The first-order chi connectivity index (χ1) is 13.6. The van der Waals surface area contributed by atoms with Crippen molar-refractivity contribution >= 4 is 17.9 Å². The number of nitrogens with zero attached hydrogens (tertiary/aromatic N) is 4. The molecule has 12 nitrogen and oxygen atoms in total. The Morgan fingerprint density at radius 1 is 0.724 bits per heavy atom. The zero-order valence-electron chi connectivity index (χ0n) is 15.7. The van der Waals surface area contributed by atoms with Crippen molar-refractivity contribution in [2.75, 3.05) is 45.8 Å². The Bertz CT molecular complexity index is 721. The lowest BCUT2D eigenvalue weighted by Gasteiger charge is -2.29. The maximum absolute atomic E-state index is 11.2. The molecular formula is C17H24N4O8. The first kappa shape index (κ1) is 22.3. The fraction of sp³-hybridized carbons (Fsp3) is 0.529. The molecule has 2 bridgehead atoms. The minimum absolute atomic E-state index is 0.0365. The van der Waals surface area contributed by atoms with E-state index in [1.165, 1.54) is 9.80 Å². The summed E-state index contributed by atoms with van der Waals surface area (Å²) in [5, 5.41) is 47.6. The minimum Gasteiger partial charge on any atom is -0.506 e. The number of hydrogen-bond acceptors (Lipinski definition) is 9. The first-order valence-electron chi connectivity index (χ1n) is 8.87. The van der Waals surface area contributed by atoms with Crippen molar-refractivity contribution in [1.29, 1.82) is 0 Å². The Morgan fingerprint density at radius 2 is 1.07 bits per heavy atom. The highest BCUT2D eigenvalue weighted by Gasteiger charge is 2.22. The van der Waals surface area contributed by atoms with E-state index in [9.17, 15) is 24.6 Å². The average Bonchev–Trinajstić information content (AvgIpc) is 2.58. The standard InChI is InChI=1S/C17H24N4O8/c22-13-5-14(23)12-7-21(10-17(28)29)4-2-19(8-15(24)25)1-3-20(9-16(26)27)6-11(13)18-12/h5,22-23H,1-4,6-10H2,(H,24,25)(H,26,27)(H,28,29). The minimum atomic E-state index is -1.09. The van der Waals surface area contributed by atoms with Gasteiger partial charge in [0.25, 0.3) is 0 Å². The molecule has 1 aliphatic heterocycles. The monoisotopic (exact) mass is 412 g/mol. The molecule has 0 radical (unpaired) electrons. The van der Waals surface area contributed by atoms with Crippen LogP contribution in [0.15, 0.2) is 6.07 Å². The Hall–Kier alpha value is -2.96. The smallest absolute Gasteiger partial charge is 0.317 e. The lowest BCUT2D eigenvalue weighted by Crippen LogP contribution is -2.44. The Labute approximate surface area is 166 Å². The van der Waals surface area contributed by atoms with Gasteiger partial charge in [-0.2, -0.15) is 0 Å². The normalized spacial score (nSPS) is 17.2. The van der Waals surface area contributed by atoms with Crippen LogP contribution in [-0.2, 0) is 27.5 Å². The van der Waals surface area contributed by atoms with Gasteiger partial charge in [-0.15, -0.1) is 0 Å². The van der Waals surface area contributed by atoms with E-state index in [1.54, 1.807) is 4.90 Å².